The van der Waals surface area contributed by atoms with Crippen molar-refractivity contribution in [2.45, 2.75) is 32.0 Å². The zero-order valence-corrected chi connectivity index (χ0v) is 6.70. The summed E-state index contributed by atoms with van der Waals surface area (Å²) in [4.78, 5) is 10.5. The Labute approximate surface area is 65.5 Å². The molecule has 4 nitrogen and oxygen atoms in total. The molecule has 0 bridgehead atoms. The maximum Gasteiger partial charge on any atom is 0.323 e. The molecule has 0 aromatic rings. The van der Waals surface area contributed by atoms with E-state index in [1.165, 1.54) is 0 Å². The van der Waals surface area contributed by atoms with Crippen molar-refractivity contribution in [2.75, 3.05) is 6.61 Å². The Bertz CT molecular complexity index is 160. The number of hydrogen-bond donors (Lipinski definition) is 2. The molecular formula is C7H13NO3. The molecule has 2 N–H and O–H groups in total. The maximum atomic E-state index is 10.5. The second-order valence-corrected chi connectivity index (χ2v) is 2.88. The van der Waals surface area contributed by atoms with Crippen LogP contribution >= 0.6 is 0 Å². The fraction of sp³-hybridized carbons (Fsp3) is 0.857. The average molecular weight is 159 g/mol. The van der Waals surface area contributed by atoms with Crippen LogP contribution in [0.4, 0.5) is 0 Å². The molecule has 64 valence electrons. The third kappa shape index (κ3) is 1.91. The summed E-state index contributed by atoms with van der Waals surface area (Å²) in [5.74, 6) is -0.844. The standard InChI is InChI=1S/C7H13NO3/c1-4-5(2)11-3-6(8-4)7(9)10/h4-6,8H,3H2,1-2H3,(H,9,10)/t4-,5-,6-/m0/s1. The van der Waals surface area contributed by atoms with E-state index in [1.807, 2.05) is 13.8 Å². The number of hydrogen-bond acceptors (Lipinski definition) is 3. The molecule has 0 spiro atoms. The maximum absolute atomic E-state index is 10.5. The van der Waals surface area contributed by atoms with Crippen LogP contribution in [0.25, 0.3) is 0 Å². The molecule has 1 heterocycles. The highest BCUT2D eigenvalue weighted by molar-refractivity contribution is 5.73. The van der Waals surface area contributed by atoms with Gasteiger partial charge >= 0.3 is 5.97 Å². The first-order valence-electron chi connectivity index (χ1n) is 3.71. The Balaban J connectivity index is 2.46. The van der Waals surface area contributed by atoms with Gasteiger partial charge in [0, 0.05) is 6.04 Å². The van der Waals surface area contributed by atoms with Crippen molar-refractivity contribution in [2.24, 2.45) is 0 Å². The van der Waals surface area contributed by atoms with Crippen LogP contribution in [-0.4, -0.2) is 35.9 Å². The minimum atomic E-state index is -0.844. The molecule has 1 fully saturated rings. The van der Waals surface area contributed by atoms with E-state index in [2.05, 4.69) is 5.32 Å². The normalized spacial score (nSPS) is 38.5. The van der Waals surface area contributed by atoms with Crippen LogP contribution in [0.3, 0.4) is 0 Å². The van der Waals surface area contributed by atoms with E-state index in [0.29, 0.717) is 0 Å². The van der Waals surface area contributed by atoms with Gasteiger partial charge in [0.05, 0.1) is 12.7 Å². The quantitative estimate of drug-likeness (QED) is 0.558. The lowest BCUT2D eigenvalue weighted by Crippen LogP contribution is -2.54. The van der Waals surface area contributed by atoms with Gasteiger partial charge in [0.25, 0.3) is 0 Å². The second-order valence-electron chi connectivity index (χ2n) is 2.88. The monoisotopic (exact) mass is 159 g/mol. The summed E-state index contributed by atoms with van der Waals surface area (Å²) in [6, 6.07) is -0.425. The van der Waals surface area contributed by atoms with Gasteiger partial charge < -0.3 is 9.84 Å². The second kappa shape index (κ2) is 3.19. The van der Waals surface area contributed by atoms with Gasteiger partial charge in [-0.15, -0.1) is 0 Å². The summed E-state index contributed by atoms with van der Waals surface area (Å²) in [6.07, 6.45) is 0.102. The van der Waals surface area contributed by atoms with Crippen molar-refractivity contribution < 1.29 is 14.6 Å². The minimum Gasteiger partial charge on any atom is -0.480 e. The molecule has 4 heteroatoms. The van der Waals surface area contributed by atoms with E-state index in [-0.39, 0.29) is 18.8 Å². The molecule has 1 aliphatic rings. The van der Waals surface area contributed by atoms with Crippen molar-refractivity contribution in [1.82, 2.24) is 5.32 Å². The van der Waals surface area contributed by atoms with Crippen molar-refractivity contribution in [3.05, 3.63) is 0 Å². The summed E-state index contributed by atoms with van der Waals surface area (Å²) in [6.45, 7) is 4.11. The highest BCUT2D eigenvalue weighted by Crippen LogP contribution is 2.06. The fourth-order valence-corrected chi connectivity index (χ4v) is 1.04. The molecule has 1 rings (SSSR count). The zero-order chi connectivity index (χ0) is 8.43. The Morgan fingerprint density at radius 3 is 2.73 bits per heavy atom. The predicted octanol–water partition coefficient (Wildman–Crippen LogP) is -0.164. The third-order valence-electron chi connectivity index (χ3n) is 1.99. The molecule has 0 aliphatic carbocycles. The molecule has 1 aliphatic heterocycles. The molecule has 3 atom stereocenters. The molecule has 0 radical (unpaired) electrons. The van der Waals surface area contributed by atoms with Crippen LogP contribution in [0.15, 0.2) is 0 Å². The van der Waals surface area contributed by atoms with Gasteiger partial charge in [0.15, 0.2) is 0 Å². The zero-order valence-electron chi connectivity index (χ0n) is 6.70. The summed E-state index contributed by atoms with van der Waals surface area (Å²) in [5.41, 5.74) is 0. The van der Waals surface area contributed by atoms with Crippen molar-refractivity contribution >= 4 is 5.97 Å². The number of aliphatic carboxylic acids is 1. The van der Waals surface area contributed by atoms with Gasteiger partial charge in [-0.1, -0.05) is 0 Å². The van der Waals surface area contributed by atoms with Crippen LogP contribution in [0.5, 0.6) is 0 Å². The van der Waals surface area contributed by atoms with E-state index in [4.69, 9.17) is 9.84 Å². The smallest absolute Gasteiger partial charge is 0.323 e. The van der Waals surface area contributed by atoms with E-state index < -0.39 is 12.0 Å². The molecule has 0 saturated carbocycles. The number of carboxylic acid groups (broad SMARTS) is 1. The molecule has 0 unspecified atom stereocenters. The summed E-state index contributed by atoms with van der Waals surface area (Å²) < 4.78 is 5.22. The first-order valence-corrected chi connectivity index (χ1v) is 3.71. The van der Waals surface area contributed by atoms with Crippen molar-refractivity contribution in [1.29, 1.82) is 0 Å². The van der Waals surface area contributed by atoms with Gasteiger partial charge in [-0.05, 0) is 13.8 Å². The number of rotatable bonds is 1. The molecule has 0 aromatic carbocycles. The summed E-state index contributed by atoms with van der Waals surface area (Å²) in [5, 5.41) is 11.5. The lowest BCUT2D eigenvalue weighted by Gasteiger charge is -2.31. The van der Waals surface area contributed by atoms with Crippen LogP contribution < -0.4 is 5.32 Å². The van der Waals surface area contributed by atoms with Gasteiger partial charge in [-0.3, -0.25) is 10.1 Å². The van der Waals surface area contributed by atoms with Crippen LogP contribution in [0.1, 0.15) is 13.8 Å². The Kier molecular flexibility index (Phi) is 2.46. The van der Waals surface area contributed by atoms with E-state index in [0.717, 1.165) is 0 Å². The predicted molar refractivity (Wildman–Crippen MR) is 39.4 cm³/mol. The number of morpholine rings is 1. The topological polar surface area (TPSA) is 58.6 Å². The Morgan fingerprint density at radius 1 is 1.64 bits per heavy atom. The van der Waals surface area contributed by atoms with Gasteiger partial charge in [-0.25, -0.2) is 0 Å². The number of carbonyl (C=O) groups is 1. The number of nitrogens with one attached hydrogen (secondary N) is 1. The van der Waals surface area contributed by atoms with Crippen LogP contribution in [0.2, 0.25) is 0 Å². The minimum absolute atomic E-state index is 0.102. The van der Waals surface area contributed by atoms with E-state index in [1.54, 1.807) is 0 Å². The first kappa shape index (κ1) is 8.49. The summed E-state index contributed by atoms with van der Waals surface area (Å²) in [7, 11) is 0. The van der Waals surface area contributed by atoms with Crippen molar-refractivity contribution in [3.8, 4) is 0 Å². The number of ether oxygens (including phenoxy) is 1. The highest BCUT2D eigenvalue weighted by Gasteiger charge is 2.28. The molecule has 11 heavy (non-hydrogen) atoms. The van der Waals surface area contributed by atoms with E-state index in [9.17, 15) is 4.79 Å². The van der Waals surface area contributed by atoms with Crippen molar-refractivity contribution in [3.63, 3.8) is 0 Å². The first-order chi connectivity index (χ1) is 5.11. The third-order valence-corrected chi connectivity index (χ3v) is 1.99. The molecule has 0 amide bonds. The number of carboxylic acids is 1. The largest absolute Gasteiger partial charge is 0.480 e. The Morgan fingerprint density at radius 2 is 2.27 bits per heavy atom. The molecule has 0 aromatic heterocycles. The Hall–Kier alpha value is -0.610. The average Bonchev–Trinajstić information content (AvgIpc) is 1.94. The molecular weight excluding hydrogens is 146 g/mol. The highest BCUT2D eigenvalue weighted by atomic mass is 16.5. The van der Waals surface area contributed by atoms with Gasteiger partial charge in [0.2, 0.25) is 0 Å². The van der Waals surface area contributed by atoms with Gasteiger partial charge in [0.1, 0.15) is 6.04 Å². The van der Waals surface area contributed by atoms with Gasteiger partial charge in [-0.2, -0.15) is 0 Å². The SMILES string of the molecule is C[C@@H]1N[C@H](C(=O)O)CO[C@H]1C. The summed E-state index contributed by atoms with van der Waals surface area (Å²) >= 11 is 0. The molecule has 1 saturated heterocycles. The fourth-order valence-electron chi connectivity index (χ4n) is 1.04. The lowest BCUT2D eigenvalue weighted by molar-refractivity contribution is -0.145. The van der Waals surface area contributed by atoms with E-state index >= 15 is 0 Å². The lowest BCUT2D eigenvalue weighted by atomic mass is 10.1. The van der Waals surface area contributed by atoms with Crippen LogP contribution in [-0.2, 0) is 9.53 Å². The van der Waals surface area contributed by atoms with Crippen LogP contribution in [0, 0.1) is 0 Å².